The van der Waals surface area contributed by atoms with E-state index in [-0.39, 0.29) is 5.84 Å². The molecule has 3 N–H and O–H groups in total. The van der Waals surface area contributed by atoms with Gasteiger partial charge in [-0.2, -0.15) is 0 Å². The topological polar surface area (TPSA) is 71.6 Å². The summed E-state index contributed by atoms with van der Waals surface area (Å²) in [5.41, 5.74) is 6.60. The summed E-state index contributed by atoms with van der Waals surface area (Å²) < 4.78 is 10.4. The van der Waals surface area contributed by atoms with E-state index in [9.17, 15) is 0 Å². The molecule has 5 nitrogen and oxygen atoms in total. The van der Waals surface area contributed by atoms with Crippen molar-refractivity contribution in [3.05, 3.63) is 30.3 Å². The monoisotopic (exact) mass is 279 g/mol. The Morgan fingerprint density at radius 2 is 1.90 bits per heavy atom. The van der Waals surface area contributed by atoms with E-state index in [4.69, 9.17) is 20.6 Å². The molecule has 0 radical (unpaired) electrons. The lowest BCUT2D eigenvalue weighted by Gasteiger charge is -2.24. The van der Waals surface area contributed by atoms with Gasteiger partial charge < -0.3 is 20.1 Å². The van der Waals surface area contributed by atoms with Crippen molar-refractivity contribution >= 4 is 11.5 Å². The van der Waals surface area contributed by atoms with Gasteiger partial charge in [-0.3, -0.25) is 5.41 Å². The number of hydrogen-bond donors (Lipinski definition) is 2. The van der Waals surface area contributed by atoms with Crippen molar-refractivity contribution in [3.8, 4) is 0 Å². The Hall–Kier alpha value is -1.59. The number of hydrogen-bond acceptors (Lipinski definition) is 4. The molecule has 0 aromatic heterocycles. The van der Waals surface area contributed by atoms with Gasteiger partial charge in [-0.25, -0.2) is 0 Å². The molecule has 0 amide bonds. The van der Waals surface area contributed by atoms with Crippen LogP contribution in [0.4, 0.5) is 5.69 Å². The van der Waals surface area contributed by atoms with Crippen LogP contribution in [0.2, 0.25) is 0 Å². The third-order valence-corrected chi connectivity index (χ3v) is 2.92. The highest BCUT2D eigenvalue weighted by Crippen LogP contribution is 2.13. The molecule has 5 heteroatoms. The molecule has 0 saturated heterocycles. The fourth-order valence-corrected chi connectivity index (χ4v) is 1.87. The van der Waals surface area contributed by atoms with Crippen molar-refractivity contribution in [2.75, 3.05) is 44.9 Å². The summed E-state index contributed by atoms with van der Waals surface area (Å²) in [5.74, 6) is 0.224. The quantitative estimate of drug-likeness (QED) is 0.368. The van der Waals surface area contributed by atoms with Gasteiger partial charge in [0.25, 0.3) is 0 Å². The van der Waals surface area contributed by atoms with E-state index in [1.807, 2.05) is 18.2 Å². The summed E-state index contributed by atoms with van der Waals surface area (Å²) in [7, 11) is 1.67. The molecule has 0 spiro atoms. The maximum absolute atomic E-state index is 7.35. The first-order valence-corrected chi connectivity index (χ1v) is 6.93. The Morgan fingerprint density at radius 1 is 1.15 bits per heavy atom. The van der Waals surface area contributed by atoms with Crippen LogP contribution in [-0.2, 0) is 9.47 Å². The Bertz CT molecular complexity index is 371. The lowest BCUT2D eigenvalue weighted by molar-refractivity contribution is 0.0700. The zero-order chi connectivity index (χ0) is 14.6. The third kappa shape index (κ3) is 7.11. The summed E-state index contributed by atoms with van der Waals surface area (Å²) in [6.07, 6.45) is 1.52. The van der Waals surface area contributed by atoms with Crippen molar-refractivity contribution in [1.82, 2.24) is 0 Å². The number of para-hydroxylation sites is 1. The zero-order valence-electron chi connectivity index (χ0n) is 12.2. The number of benzene rings is 1. The minimum atomic E-state index is 0.224. The standard InChI is InChI=1S/C15H25N3O2/c1-19-12-13-20-11-5-9-18(10-8-15(16)17)14-6-3-2-4-7-14/h2-4,6-7H,5,8-13H2,1H3,(H3,16,17). The summed E-state index contributed by atoms with van der Waals surface area (Å²) in [6, 6.07) is 10.2. The summed E-state index contributed by atoms with van der Waals surface area (Å²) >= 11 is 0. The van der Waals surface area contributed by atoms with Crippen LogP contribution in [0.15, 0.2) is 30.3 Å². The van der Waals surface area contributed by atoms with Gasteiger partial charge in [0, 0.05) is 38.9 Å². The third-order valence-electron chi connectivity index (χ3n) is 2.92. The van der Waals surface area contributed by atoms with E-state index in [1.165, 1.54) is 0 Å². The Morgan fingerprint density at radius 3 is 2.55 bits per heavy atom. The Kier molecular flexibility index (Phi) is 8.42. The lowest BCUT2D eigenvalue weighted by Crippen LogP contribution is -2.29. The van der Waals surface area contributed by atoms with E-state index < -0.39 is 0 Å². The summed E-state index contributed by atoms with van der Waals surface area (Å²) in [6.45, 7) is 3.64. The number of rotatable bonds is 11. The minimum Gasteiger partial charge on any atom is -0.388 e. The average Bonchev–Trinajstić information content (AvgIpc) is 2.46. The molecule has 1 aromatic rings. The molecule has 0 saturated carbocycles. The van der Waals surface area contributed by atoms with Gasteiger partial charge in [0.1, 0.15) is 0 Å². The highest BCUT2D eigenvalue weighted by Gasteiger charge is 2.06. The molecule has 0 aliphatic carbocycles. The van der Waals surface area contributed by atoms with Crippen LogP contribution in [0.5, 0.6) is 0 Å². The van der Waals surface area contributed by atoms with E-state index in [0.717, 1.165) is 25.2 Å². The van der Waals surface area contributed by atoms with Gasteiger partial charge in [0.05, 0.1) is 19.0 Å². The van der Waals surface area contributed by atoms with Crippen LogP contribution in [0.25, 0.3) is 0 Å². The van der Waals surface area contributed by atoms with E-state index in [2.05, 4.69) is 17.0 Å². The molecule has 0 heterocycles. The number of amidine groups is 1. The molecule has 20 heavy (non-hydrogen) atoms. The Labute approximate surface area is 121 Å². The summed E-state index contributed by atoms with van der Waals surface area (Å²) in [4.78, 5) is 2.24. The molecule has 112 valence electrons. The van der Waals surface area contributed by atoms with Gasteiger partial charge in [0.15, 0.2) is 0 Å². The summed E-state index contributed by atoms with van der Waals surface area (Å²) in [5, 5.41) is 7.35. The molecule has 0 bridgehead atoms. The van der Waals surface area contributed by atoms with Crippen LogP contribution < -0.4 is 10.6 Å². The van der Waals surface area contributed by atoms with E-state index >= 15 is 0 Å². The molecular weight excluding hydrogens is 254 g/mol. The average molecular weight is 279 g/mol. The Balaban J connectivity index is 2.37. The smallest absolute Gasteiger partial charge is 0.0923 e. The number of methoxy groups -OCH3 is 1. The van der Waals surface area contributed by atoms with Crippen molar-refractivity contribution in [3.63, 3.8) is 0 Å². The largest absolute Gasteiger partial charge is 0.388 e. The number of anilines is 1. The molecule has 0 atom stereocenters. The minimum absolute atomic E-state index is 0.224. The molecule has 0 unspecified atom stereocenters. The van der Waals surface area contributed by atoms with Crippen LogP contribution in [-0.4, -0.2) is 45.9 Å². The zero-order valence-corrected chi connectivity index (χ0v) is 12.2. The fraction of sp³-hybridized carbons (Fsp3) is 0.533. The van der Waals surface area contributed by atoms with Gasteiger partial charge in [-0.1, -0.05) is 18.2 Å². The highest BCUT2D eigenvalue weighted by molar-refractivity contribution is 5.77. The van der Waals surface area contributed by atoms with Crippen molar-refractivity contribution in [1.29, 1.82) is 5.41 Å². The first-order valence-electron chi connectivity index (χ1n) is 6.93. The first kappa shape index (κ1) is 16.5. The van der Waals surface area contributed by atoms with Gasteiger partial charge in [-0.05, 0) is 18.6 Å². The number of ether oxygens (including phenoxy) is 2. The van der Waals surface area contributed by atoms with E-state index in [1.54, 1.807) is 7.11 Å². The second-order valence-electron chi connectivity index (χ2n) is 4.56. The van der Waals surface area contributed by atoms with Crippen LogP contribution >= 0.6 is 0 Å². The second kappa shape index (κ2) is 10.2. The second-order valence-corrected chi connectivity index (χ2v) is 4.56. The molecule has 1 rings (SSSR count). The fourth-order valence-electron chi connectivity index (χ4n) is 1.87. The molecule has 0 aliphatic heterocycles. The van der Waals surface area contributed by atoms with Gasteiger partial charge in [-0.15, -0.1) is 0 Å². The first-order chi connectivity index (χ1) is 9.74. The van der Waals surface area contributed by atoms with Crippen molar-refractivity contribution in [2.45, 2.75) is 12.8 Å². The number of nitrogens with one attached hydrogen (secondary N) is 1. The molecule has 0 aliphatic rings. The highest BCUT2D eigenvalue weighted by atomic mass is 16.5. The number of nitrogens with two attached hydrogens (primary N) is 1. The van der Waals surface area contributed by atoms with Crippen molar-refractivity contribution in [2.24, 2.45) is 5.73 Å². The maximum atomic E-state index is 7.35. The molecule has 1 aromatic carbocycles. The molecular formula is C15H25N3O2. The van der Waals surface area contributed by atoms with Crippen LogP contribution in [0, 0.1) is 5.41 Å². The molecule has 0 fully saturated rings. The predicted octanol–water partition coefficient (Wildman–Crippen LogP) is 1.87. The van der Waals surface area contributed by atoms with E-state index in [0.29, 0.717) is 26.2 Å². The van der Waals surface area contributed by atoms with Gasteiger partial charge in [0.2, 0.25) is 0 Å². The van der Waals surface area contributed by atoms with Crippen LogP contribution in [0.1, 0.15) is 12.8 Å². The lowest BCUT2D eigenvalue weighted by atomic mass is 10.2. The number of nitrogens with zero attached hydrogens (tertiary/aromatic N) is 1. The predicted molar refractivity (Wildman–Crippen MR) is 82.5 cm³/mol. The van der Waals surface area contributed by atoms with Gasteiger partial charge >= 0.3 is 0 Å². The normalized spacial score (nSPS) is 10.4. The maximum Gasteiger partial charge on any atom is 0.0923 e. The van der Waals surface area contributed by atoms with Crippen molar-refractivity contribution < 1.29 is 9.47 Å². The van der Waals surface area contributed by atoms with Crippen LogP contribution in [0.3, 0.4) is 0 Å². The SMILES string of the molecule is COCCOCCCN(CCC(=N)N)c1ccccc1.